The van der Waals surface area contributed by atoms with Crippen LogP contribution < -0.4 is 5.32 Å². The van der Waals surface area contributed by atoms with Crippen LogP contribution in [0.2, 0.25) is 0 Å². The van der Waals surface area contributed by atoms with E-state index in [-0.39, 0.29) is 12.1 Å². The molecule has 1 atom stereocenters. The van der Waals surface area contributed by atoms with Gasteiger partial charge in [-0.05, 0) is 29.5 Å². The monoisotopic (exact) mass is 310 g/mol. The normalized spacial score (nSPS) is 19.0. The number of nitrogens with one attached hydrogen (secondary N) is 1. The fraction of sp³-hybridized carbons (Fsp3) is 0.429. The quantitative estimate of drug-likeness (QED) is 0.811. The van der Waals surface area contributed by atoms with E-state index in [0.717, 1.165) is 37.7 Å². The summed E-state index contributed by atoms with van der Waals surface area (Å²) in [5.74, 6) is -0.945. The van der Waals surface area contributed by atoms with Gasteiger partial charge in [0.2, 0.25) is 0 Å². The van der Waals surface area contributed by atoms with E-state index in [1.54, 1.807) is 17.4 Å². The number of thiophene rings is 1. The summed E-state index contributed by atoms with van der Waals surface area (Å²) >= 11 is 1.61. The van der Waals surface area contributed by atoms with Crippen molar-refractivity contribution < 1.29 is 19.4 Å². The highest BCUT2D eigenvalue weighted by Crippen LogP contribution is 2.20. The van der Waals surface area contributed by atoms with Gasteiger partial charge >= 0.3 is 12.1 Å². The lowest BCUT2D eigenvalue weighted by Crippen LogP contribution is -2.36. The van der Waals surface area contributed by atoms with Gasteiger partial charge in [-0.3, -0.25) is 4.90 Å². The fourth-order valence-corrected chi connectivity index (χ4v) is 3.17. The van der Waals surface area contributed by atoms with E-state index >= 15 is 0 Å². The molecule has 7 heteroatoms. The molecule has 1 amide bonds. The molecular weight excluding hydrogens is 292 g/mol. The summed E-state index contributed by atoms with van der Waals surface area (Å²) in [7, 11) is 1.36. The van der Waals surface area contributed by atoms with Crippen molar-refractivity contribution in [2.24, 2.45) is 0 Å². The van der Waals surface area contributed by atoms with Gasteiger partial charge in [-0.25, -0.2) is 9.59 Å². The minimum Gasteiger partial charge on any atom is -0.478 e. The van der Waals surface area contributed by atoms with Crippen LogP contribution in [0, 0.1) is 0 Å². The maximum absolute atomic E-state index is 11.2. The molecule has 0 saturated carbocycles. The predicted molar refractivity (Wildman–Crippen MR) is 80.2 cm³/mol. The molecule has 21 heavy (non-hydrogen) atoms. The van der Waals surface area contributed by atoms with E-state index in [4.69, 9.17) is 5.11 Å². The molecule has 0 bridgehead atoms. The van der Waals surface area contributed by atoms with Crippen molar-refractivity contribution in [3.05, 3.63) is 28.0 Å². The van der Waals surface area contributed by atoms with Crippen LogP contribution in [0.3, 0.4) is 0 Å². The highest BCUT2D eigenvalue weighted by atomic mass is 32.1. The molecule has 0 radical (unpaired) electrons. The van der Waals surface area contributed by atoms with Crippen LogP contribution in [0.15, 0.2) is 17.5 Å². The van der Waals surface area contributed by atoms with Crippen molar-refractivity contribution in [2.75, 3.05) is 20.2 Å². The molecule has 0 aliphatic carbocycles. The summed E-state index contributed by atoms with van der Waals surface area (Å²) in [6.07, 6.45) is 3.25. The van der Waals surface area contributed by atoms with Crippen molar-refractivity contribution in [1.29, 1.82) is 0 Å². The van der Waals surface area contributed by atoms with Crippen molar-refractivity contribution >= 4 is 29.5 Å². The molecule has 2 heterocycles. The number of hydrogen-bond acceptors (Lipinski definition) is 5. The van der Waals surface area contributed by atoms with E-state index in [0.29, 0.717) is 0 Å². The van der Waals surface area contributed by atoms with Crippen LogP contribution in [0.5, 0.6) is 0 Å². The number of methoxy groups -OCH3 is 1. The fourth-order valence-electron chi connectivity index (χ4n) is 2.28. The number of ether oxygens (including phenoxy) is 1. The Morgan fingerprint density at radius 2 is 2.43 bits per heavy atom. The number of aliphatic carboxylic acids is 1. The smallest absolute Gasteiger partial charge is 0.407 e. The first-order valence-electron chi connectivity index (χ1n) is 6.62. The Labute approximate surface area is 127 Å². The second-order valence-corrected chi connectivity index (χ2v) is 5.87. The summed E-state index contributed by atoms with van der Waals surface area (Å²) in [4.78, 5) is 25.1. The number of alkyl carbamates (subject to hydrolysis) is 1. The number of carbonyl (C=O) groups excluding carboxylic acids is 1. The number of carbonyl (C=O) groups is 2. The predicted octanol–water partition coefficient (Wildman–Crippen LogP) is 1.78. The van der Waals surface area contributed by atoms with Gasteiger partial charge in [-0.2, -0.15) is 0 Å². The first kappa shape index (κ1) is 15.5. The number of hydrogen-bond donors (Lipinski definition) is 2. The maximum atomic E-state index is 11.2. The Morgan fingerprint density at radius 3 is 3.14 bits per heavy atom. The van der Waals surface area contributed by atoms with Gasteiger partial charge in [0.1, 0.15) is 0 Å². The average molecular weight is 310 g/mol. The maximum Gasteiger partial charge on any atom is 0.407 e. The number of nitrogens with zero attached hydrogens (tertiary/aromatic N) is 1. The van der Waals surface area contributed by atoms with Crippen LogP contribution in [0.4, 0.5) is 4.79 Å². The Morgan fingerprint density at radius 1 is 1.62 bits per heavy atom. The van der Waals surface area contributed by atoms with Crippen LogP contribution >= 0.6 is 11.3 Å². The van der Waals surface area contributed by atoms with Crippen LogP contribution in [0.1, 0.15) is 16.9 Å². The second kappa shape index (κ2) is 7.24. The van der Waals surface area contributed by atoms with Crippen LogP contribution in [-0.2, 0) is 16.1 Å². The minimum atomic E-state index is -0.945. The molecule has 1 fully saturated rings. The van der Waals surface area contributed by atoms with E-state index < -0.39 is 5.97 Å². The third-order valence-corrected chi connectivity index (χ3v) is 4.19. The standard InChI is InChI=1S/C14H18N2O4S/c1-20-14(19)15-11-4-5-16(7-11)8-12-6-10(9-21-12)2-3-13(17)18/h2-3,6,9,11H,4-5,7-8H2,1H3,(H,15,19)(H,17,18)/b3-2+. The van der Waals surface area contributed by atoms with E-state index in [2.05, 4.69) is 15.0 Å². The van der Waals surface area contributed by atoms with Gasteiger partial charge in [0.15, 0.2) is 0 Å². The second-order valence-electron chi connectivity index (χ2n) is 4.87. The zero-order valence-corrected chi connectivity index (χ0v) is 12.6. The van der Waals surface area contributed by atoms with Gasteiger partial charge in [-0.1, -0.05) is 0 Å². The summed E-state index contributed by atoms with van der Waals surface area (Å²) < 4.78 is 4.59. The molecule has 1 aromatic heterocycles. The lowest BCUT2D eigenvalue weighted by Gasteiger charge is -2.15. The Bertz CT molecular complexity index is 541. The van der Waals surface area contributed by atoms with E-state index in [1.807, 2.05) is 11.4 Å². The summed E-state index contributed by atoms with van der Waals surface area (Å²) in [6, 6.07) is 2.12. The Hall–Kier alpha value is -1.86. The number of amides is 1. The lowest BCUT2D eigenvalue weighted by molar-refractivity contribution is -0.131. The first-order valence-corrected chi connectivity index (χ1v) is 7.50. The Balaban J connectivity index is 1.83. The van der Waals surface area contributed by atoms with Gasteiger partial charge in [0.05, 0.1) is 7.11 Å². The SMILES string of the molecule is COC(=O)NC1CCN(Cc2cc(/C=C/C(=O)O)cs2)C1. The number of carboxylic acid groups (broad SMARTS) is 1. The number of likely N-dealkylation sites (tertiary alicyclic amines) is 1. The molecule has 1 unspecified atom stereocenters. The molecule has 0 spiro atoms. The van der Waals surface area contributed by atoms with E-state index in [9.17, 15) is 9.59 Å². The third kappa shape index (κ3) is 4.87. The number of rotatable bonds is 5. The molecule has 1 aliphatic rings. The third-order valence-electron chi connectivity index (χ3n) is 3.25. The molecule has 0 aromatic carbocycles. The molecule has 114 valence electrons. The van der Waals surface area contributed by atoms with Crippen molar-refractivity contribution in [1.82, 2.24) is 10.2 Å². The molecule has 1 aliphatic heterocycles. The van der Waals surface area contributed by atoms with Crippen LogP contribution in [0.25, 0.3) is 6.08 Å². The molecule has 2 N–H and O–H groups in total. The average Bonchev–Trinajstić information content (AvgIpc) is 3.06. The molecular formula is C14H18N2O4S. The van der Waals surface area contributed by atoms with Crippen molar-refractivity contribution in [2.45, 2.75) is 19.0 Å². The van der Waals surface area contributed by atoms with Gasteiger partial charge in [0, 0.05) is 36.6 Å². The zero-order chi connectivity index (χ0) is 15.2. The van der Waals surface area contributed by atoms with Gasteiger partial charge in [0.25, 0.3) is 0 Å². The lowest BCUT2D eigenvalue weighted by atomic mass is 10.3. The summed E-state index contributed by atoms with van der Waals surface area (Å²) in [5, 5.41) is 13.3. The molecule has 1 saturated heterocycles. The molecule has 2 rings (SSSR count). The highest BCUT2D eigenvalue weighted by molar-refractivity contribution is 7.10. The first-order chi connectivity index (χ1) is 10.1. The molecule has 1 aromatic rings. The number of carboxylic acids is 1. The van der Waals surface area contributed by atoms with Crippen molar-refractivity contribution in [3.8, 4) is 0 Å². The van der Waals surface area contributed by atoms with Crippen LogP contribution in [-0.4, -0.2) is 48.3 Å². The minimum absolute atomic E-state index is 0.129. The zero-order valence-electron chi connectivity index (χ0n) is 11.7. The largest absolute Gasteiger partial charge is 0.478 e. The summed E-state index contributed by atoms with van der Waals surface area (Å²) in [6.45, 7) is 2.53. The Kier molecular flexibility index (Phi) is 5.35. The topological polar surface area (TPSA) is 78.9 Å². The van der Waals surface area contributed by atoms with Crippen molar-refractivity contribution in [3.63, 3.8) is 0 Å². The summed E-state index contributed by atoms with van der Waals surface area (Å²) in [5.41, 5.74) is 0.904. The molecule has 6 nitrogen and oxygen atoms in total. The van der Waals surface area contributed by atoms with Gasteiger partial charge in [-0.15, -0.1) is 11.3 Å². The van der Waals surface area contributed by atoms with E-state index in [1.165, 1.54) is 12.0 Å². The van der Waals surface area contributed by atoms with Gasteiger partial charge < -0.3 is 15.2 Å². The highest BCUT2D eigenvalue weighted by Gasteiger charge is 2.24.